The molecule has 1 N–H and O–H groups in total. The summed E-state index contributed by atoms with van der Waals surface area (Å²) in [5, 5.41) is 10.2. The van der Waals surface area contributed by atoms with Crippen molar-refractivity contribution in [1.82, 2.24) is 0 Å². The number of hydrogen-bond acceptors (Lipinski definition) is 2. The monoisotopic (exact) mass is 319 g/mol. The minimum absolute atomic E-state index is 0.159. The van der Waals surface area contributed by atoms with Crippen molar-refractivity contribution >= 4 is 11.6 Å². The maximum atomic E-state index is 13.1. The third kappa shape index (κ3) is 3.11. The molecule has 24 heavy (non-hydrogen) atoms. The van der Waals surface area contributed by atoms with Crippen molar-refractivity contribution in [2.45, 2.75) is 25.8 Å². The van der Waals surface area contributed by atoms with Crippen LogP contribution in [0, 0.1) is 0 Å². The lowest BCUT2D eigenvalue weighted by molar-refractivity contribution is -0.115. The molecule has 0 saturated heterocycles. The standard InChI is InChI=1S/C21H21NO2/c1-2-9-20(23)18-14-15-19(16-10-5-3-6-11-16)22(21(18)24)17-12-7-4-8-13-17/h3-8,10-15,19,23H,2,9H2,1H3/b20-18-. The van der Waals surface area contributed by atoms with E-state index in [0.717, 1.165) is 17.7 Å². The van der Waals surface area contributed by atoms with Crippen LogP contribution in [-0.4, -0.2) is 11.0 Å². The number of carbonyl (C=O) groups excluding carboxylic acids is 1. The highest BCUT2D eigenvalue weighted by Crippen LogP contribution is 2.34. The van der Waals surface area contributed by atoms with Gasteiger partial charge in [0.05, 0.1) is 11.6 Å². The van der Waals surface area contributed by atoms with Gasteiger partial charge in [0.15, 0.2) is 0 Å². The highest BCUT2D eigenvalue weighted by molar-refractivity contribution is 6.09. The summed E-state index contributed by atoms with van der Waals surface area (Å²) in [5.74, 6) is -0.00491. The van der Waals surface area contributed by atoms with Gasteiger partial charge in [-0.2, -0.15) is 0 Å². The number of aliphatic hydroxyl groups is 1. The molecule has 0 aromatic heterocycles. The topological polar surface area (TPSA) is 40.5 Å². The van der Waals surface area contributed by atoms with Gasteiger partial charge in [-0.15, -0.1) is 0 Å². The number of para-hydroxylation sites is 1. The Hall–Kier alpha value is -2.81. The summed E-state index contributed by atoms with van der Waals surface area (Å²) >= 11 is 0. The average molecular weight is 319 g/mol. The fraction of sp³-hybridized carbons (Fsp3) is 0.190. The Kier molecular flexibility index (Phi) is 4.80. The number of nitrogens with zero attached hydrogens (tertiary/aromatic N) is 1. The first-order chi connectivity index (χ1) is 11.7. The Morgan fingerprint density at radius 1 is 1.04 bits per heavy atom. The Bertz CT molecular complexity index is 763. The SMILES string of the molecule is CCC/C(O)=C1\C=CC(c2ccccc2)N(c2ccccc2)C1=O. The number of aliphatic hydroxyl groups excluding tert-OH is 1. The van der Waals surface area contributed by atoms with E-state index in [0.29, 0.717) is 12.0 Å². The highest BCUT2D eigenvalue weighted by Gasteiger charge is 2.31. The lowest BCUT2D eigenvalue weighted by Gasteiger charge is -2.34. The Morgan fingerprint density at radius 2 is 1.67 bits per heavy atom. The summed E-state index contributed by atoms with van der Waals surface area (Å²) < 4.78 is 0. The molecule has 1 aliphatic heterocycles. The normalized spacial score (nSPS) is 19.5. The van der Waals surface area contributed by atoms with Crippen LogP contribution in [0.1, 0.15) is 31.4 Å². The molecule has 0 spiro atoms. The molecule has 1 amide bonds. The van der Waals surface area contributed by atoms with E-state index >= 15 is 0 Å². The third-order valence-corrected chi connectivity index (χ3v) is 4.15. The molecule has 2 aromatic rings. The van der Waals surface area contributed by atoms with Gasteiger partial charge in [-0.1, -0.05) is 61.5 Å². The van der Waals surface area contributed by atoms with Gasteiger partial charge >= 0.3 is 0 Å². The molecule has 0 bridgehead atoms. The predicted octanol–water partition coefficient (Wildman–Crippen LogP) is 4.94. The van der Waals surface area contributed by atoms with Crippen molar-refractivity contribution in [3.05, 3.63) is 89.7 Å². The van der Waals surface area contributed by atoms with Crippen LogP contribution >= 0.6 is 0 Å². The van der Waals surface area contributed by atoms with Crippen molar-refractivity contribution in [2.24, 2.45) is 0 Å². The van der Waals surface area contributed by atoms with Crippen LogP contribution in [-0.2, 0) is 4.79 Å². The Balaban J connectivity index is 2.10. The van der Waals surface area contributed by atoms with E-state index in [1.807, 2.05) is 73.7 Å². The van der Waals surface area contributed by atoms with E-state index in [1.165, 1.54) is 0 Å². The van der Waals surface area contributed by atoms with Gasteiger partial charge in [-0.3, -0.25) is 9.69 Å². The van der Waals surface area contributed by atoms with Gasteiger partial charge in [0.25, 0.3) is 5.91 Å². The Morgan fingerprint density at radius 3 is 2.29 bits per heavy atom. The number of hydrogen-bond donors (Lipinski definition) is 1. The van der Waals surface area contributed by atoms with Gasteiger partial charge in [-0.05, 0) is 30.2 Å². The van der Waals surface area contributed by atoms with Crippen LogP contribution in [0.25, 0.3) is 0 Å². The maximum absolute atomic E-state index is 13.1. The first-order valence-corrected chi connectivity index (χ1v) is 8.26. The molecular weight excluding hydrogens is 298 g/mol. The van der Waals surface area contributed by atoms with E-state index in [2.05, 4.69) is 0 Å². The number of rotatable bonds is 4. The van der Waals surface area contributed by atoms with E-state index in [-0.39, 0.29) is 17.7 Å². The van der Waals surface area contributed by atoms with Crippen LogP contribution in [0.3, 0.4) is 0 Å². The van der Waals surface area contributed by atoms with Gasteiger partial charge in [-0.25, -0.2) is 0 Å². The summed E-state index contributed by atoms with van der Waals surface area (Å²) in [4.78, 5) is 14.8. The minimum atomic E-state index is -0.181. The second-order valence-corrected chi connectivity index (χ2v) is 5.84. The first kappa shape index (κ1) is 16.1. The molecule has 2 aromatic carbocycles. The molecule has 0 aliphatic carbocycles. The Labute approximate surface area is 142 Å². The third-order valence-electron chi connectivity index (χ3n) is 4.15. The fourth-order valence-corrected chi connectivity index (χ4v) is 2.97. The molecule has 122 valence electrons. The lowest BCUT2D eigenvalue weighted by atomic mass is 9.96. The quantitative estimate of drug-likeness (QED) is 0.640. The van der Waals surface area contributed by atoms with Crippen LogP contribution in [0.2, 0.25) is 0 Å². The highest BCUT2D eigenvalue weighted by atomic mass is 16.3. The number of benzene rings is 2. The van der Waals surface area contributed by atoms with E-state index in [1.54, 1.807) is 11.0 Å². The van der Waals surface area contributed by atoms with Crippen LogP contribution in [0.4, 0.5) is 5.69 Å². The van der Waals surface area contributed by atoms with Gasteiger partial charge < -0.3 is 5.11 Å². The summed E-state index contributed by atoms with van der Waals surface area (Å²) in [6.45, 7) is 1.98. The molecule has 1 heterocycles. The second-order valence-electron chi connectivity index (χ2n) is 5.84. The minimum Gasteiger partial charge on any atom is -0.511 e. The zero-order chi connectivity index (χ0) is 16.9. The lowest BCUT2D eigenvalue weighted by Crippen LogP contribution is -2.38. The molecule has 3 rings (SSSR count). The van der Waals surface area contributed by atoms with E-state index < -0.39 is 0 Å². The molecular formula is C21H21NO2. The zero-order valence-electron chi connectivity index (χ0n) is 13.7. The van der Waals surface area contributed by atoms with Gasteiger partial charge in [0.2, 0.25) is 0 Å². The second kappa shape index (κ2) is 7.18. The number of allylic oxidation sites excluding steroid dienone is 1. The van der Waals surface area contributed by atoms with Crippen LogP contribution in [0.5, 0.6) is 0 Å². The molecule has 1 atom stereocenters. The van der Waals surface area contributed by atoms with Crippen molar-refractivity contribution < 1.29 is 9.90 Å². The zero-order valence-corrected chi connectivity index (χ0v) is 13.7. The number of amides is 1. The molecule has 3 nitrogen and oxygen atoms in total. The molecule has 0 radical (unpaired) electrons. The molecule has 0 fully saturated rings. The maximum Gasteiger partial charge on any atom is 0.262 e. The number of carbonyl (C=O) groups is 1. The van der Waals surface area contributed by atoms with Crippen molar-refractivity contribution in [3.63, 3.8) is 0 Å². The van der Waals surface area contributed by atoms with Gasteiger partial charge in [0, 0.05) is 12.1 Å². The summed E-state index contributed by atoms with van der Waals surface area (Å²) in [7, 11) is 0. The summed E-state index contributed by atoms with van der Waals surface area (Å²) in [6.07, 6.45) is 5.03. The molecule has 1 unspecified atom stereocenters. The largest absolute Gasteiger partial charge is 0.511 e. The van der Waals surface area contributed by atoms with Crippen molar-refractivity contribution in [1.29, 1.82) is 0 Å². The van der Waals surface area contributed by atoms with Crippen LogP contribution < -0.4 is 4.90 Å². The summed E-state index contributed by atoms with van der Waals surface area (Å²) in [6, 6.07) is 19.3. The van der Waals surface area contributed by atoms with Crippen molar-refractivity contribution in [3.8, 4) is 0 Å². The van der Waals surface area contributed by atoms with E-state index in [9.17, 15) is 9.90 Å². The predicted molar refractivity (Wildman–Crippen MR) is 96.8 cm³/mol. The molecule has 3 heteroatoms. The first-order valence-electron chi connectivity index (χ1n) is 8.26. The van der Waals surface area contributed by atoms with Crippen molar-refractivity contribution in [2.75, 3.05) is 4.90 Å². The smallest absolute Gasteiger partial charge is 0.262 e. The number of anilines is 1. The molecule has 0 saturated carbocycles. The van der Waals surface area contributed by atoms with Gasteiger partial charge in [0.1, 0.15) is 5.76 Å². The van der Waals surface area contributed by atoms with Crippen LogP contribution in [0.15, 0.2) is 84.1 Å². The van der Waals surface area contributed by atoms with E-state index in [4.69, 9.17) is 0 Å². The summed E-state index contributed by atoms with van der Waals surface area (Å²) in [5.41, 5.74) is 2.25. The fourth-order valence-electron chi connectivity index (χ4n) is 2.97. The average Bonchev–Trinajstić information content (AvgIpc) is 2.63. The molecule has 1 aliphatic rings.